The molecule has 1 spiro atoms. The molecule has 3 heterocycles. The molecule has 0 amide bonds. The molecule has 0 bridgehead atoms. The lowest BCUT2D eigenvalue weighted by atomic mass is 9.66. The average molecular weight is 331 g/mol. The van der Waals surface area contributed by atoms with Crippen molar-refractivity contribution in [2.24, 2.45) is 12.5 Å². The molecule has 1 saturated heterocycles. The van der Waals surface area contributed by atoms with E-state index in [-0.39, 0.29) is 11.0 Å². The van der Waals surface area contributed by atoms with Crippen LogP contribution in [0.3, 0.4) is 0 Å². The number of fused-ring (bicyclic) bond motifs is 1. The molecular weight excluding hydrogens is 306 g/mol. The van der Waals surface area contributed by atoms with E-state index in [1.807, 2.05) is 7.05 Å². The van der Waals surface area contributed by atoms with Gasteiger partial charge in [-0.2, -0.15) is 0 Å². The third kappa shape index (κ3) is 2.14. The fraction of sp³-hybridized carbons (Fsp3) is 0.706. The Balaban J connectivity index is 1.78. The summed E-state index contributed by atoms with van der Waals surface area (Å²) >= 11 is 0. The number of aryl methyl sites for hydroxylation is 1. The van der Waals surface area contributed by atoms with Crippen molar-refractivity contribution in [1.82, 2.24) is 24.2 Å². The fourth-order valence-corrected chi connectivity index (χ4v) is 4.85. The maximum atomic E-state index is 12.8. The van der Waals surface area contributed by atoms with Crippen LogP contribution in [0.25, 0.3) is 11.0 Å². The molecule has 2 aliphatic rings. The van der Waals surface area contributed by atoms with Gasteiger partial charge in [0.05, 0.1) is 12.1 Å². The third-order valence-electron chi connectivity index (χ3n) is 6.26. The molecular formula is C17H25N5O2. The first kappa shape index (κ1) is 15.8. The van der Waals surface area contributed by atoms with Crippen molar-refractivity contribution in [3.05, 3.63) is 22.9 Å². The van der Waals surface area contributed by atoms with Crippen molar-refractivity contribution < 1.29 is 5.11 Å². The van der Waals surface area contributed by atoms with E-state index in [1.165, 1.54) is 6.33 Å². The smallest absolute Gasteiger partial charge is 0.277 e. The number of aliphatic hydroxyl groups is 1. The standard InChI is InChI=1S/C17H25N5O2/c1-20-8-7-17(24,16(10-20)5-3-4-6-16)11-22-15(23)13-9-18-12-19-14(13)21(22)2/h9,12,24H,3-8,10-11H2,1-2H3. The molecule has 2 fully saturated rings. The summed E-state index contributed by atoms with van der Waals surface area (Å²) in [5.74, 6) is 0. The van der Waals surface area contributed by atoms with E-state index in [9.17, 15) is 9.90 Å². The molecule has 1 N–H and O–H groups in total. The number of nitrogens with zero attached hydrogens (tertiary/aromatic N) is 5. The van der Waals surface area contributed by atoms with Gasteiger partial charge in [0.15, 0.2) is 5.65 Å². The quantitative estimate of drug-likeness (QED) is 0.879. The highest BCUT2D eigenvalue weighted by molar-refractivity contribution is 5.72. The summed E-state index contributed by atoms with van der Waals surface area (Å²) in [4.78, 5) is 23.3. The van der Waals surface area contributed by atoms with Crippen LogP contribution in [-0.2, 0) is 13.6 Å². The zero-order valence-electron chi connectivity index (χ0n) is 14.4. The molecule has 130 valence electrons. The molecule has 0 radical (unpaired) electrons. The Kier molecular flexibility index (Phi) is 3.54. The van der Waals surface area contributed by atoms with E-state index in [1.54, 1.807) is 15.6 Å². The van der Waals surface area contributed by atoms with Crippen molar-refractivity contribution in [2.45, 2.75) is 44.2 Å². The SMILES string of the molecule is CN1CCC(O)(Cn2c(=O)c3cncnc3n2C)C2(CCCC2)C1. The van der Waals surface area contributed by atoms with Gasteiger partial charge in [-0.25, -0.2) is 14.6 Å². The normalized spacial score (nSPS) is 27.3. The molecule has 24 heavy (non-hydrogen) atoms. The Bertz CT molecular complexity index is 820. The highest BCUT2D eigenvalue weighted by atomic mass is 16.3. The zero-order chi connectivity index (χ0) is 16.9. The minimum atomic E-state index is -0.852. The van der Waals surface area contributed by atoms with Crippen LogP contribution in [0.5, 0.6) is 0 Å². The van der Waals surface area contributed by atoms with Crippen molar-refractivity contribution >= 4 is 11.0 Å². The van der Waals surface area contributed by atoms with Crippen LogP contribution in [0.15, 0.2) is 17.3 Å². The first-order valence-electron chi connectivity index (χ1n) is 8.72. The zero-order valence-corrected chi connectivity index (χ0v) is 14.4. The molecule has 4 rings (SSSR count). The molecule has 7 heteroatoms. The number of rotatable bonds is 2. The lowest BCUT2D eigenvalue weighted by Gasteiger charge is -2.51. The fourth-order valence-electron chi connectivity index (χ4n) is 4.85. The second-order valence-corrected chi connectivity index (χ2v) is 7.65. The van der Waals surface area contributed by atoms with Gasteiger partial charge in [-0.05, 0) is 26.3 Å². The molecule has 1 unspecified atom stereocenters. The highest BCUT2D eigenvalue weighted by Crippen LogP contribution is 2.51. The summed E-state index contributed by atoms with van der Waals surface area (Å²) in [7, 11) is 3.95. The molecule has 0 aromatic carbocycles. The molecule has 2 aromatic rings. The number of hydrogen-bond acceptors (Lipinski definition) is 5. The van der Waals surface area contributed by atoms with Crippen LogP contribution in [0.1, 0.15) is 32.1 Å². The molecule has 2 aromatic heterocycles. The molecule has 1 aliphatic carbocycles. The predicted octanol–water partition coefficient (Wildman–Crippen LogP) is 0.757. The van der Waals surface area contributed by atoms with Gasteiger partial charge in [-0.1, -0.05) is 12.8 Å². The highest BCUT2D eigenvalue weighted by Gasteiger charge is 2.54. The first-order chi connectivity index (χ1) is 11.5. The third-order valence-corrected chi connectivity index (χ3v) is 6.26. The van der Waals surface area contributed by atoms with E-state index in [0.717, 1.165) is 38.8 Å². The minimum absolute atomic E-state index is 0.110. The Hall–Kier alpha value is -1.73. The second-order valence-electron chi connectivity index (χ2n) is 7.65. The summed E-state index contributed by atoms with van der Waals surface area (Å²) in [5, 5.41) is 12.1. The Labute approximate surface area is 140 Å². The predicted molar refractivity (Wildman–Crippen MR) is 90.7 cm³/mol. The molecule has 1 atom stereocenters. The van der Waals surface area contributed by atoms with Gasteiger partial charge in [0.1, 0.15) is 11.7 Å². The first-order valence-corrected chi connectivity index (χ1v) is 8.72. The van der Waals surface area contributed by atoms with E-state index < -0.39 is 5.60 Å². The largest absolute Gasteiger partial charge is 0.387 e. The topological polar surface area (TPSA) is 76.2 Å². The van der Waals surface area contributed by atoms with E-state index >= 15 is 0 Å². The summed E-state index contributed by atoms with van der Waals surface area (Å²) in [6.45, 7) is 2.09. The molecule has 7 nitrogen and oxygen atoms in total. The van der Waals surface area contributed by atoms with Crippen molar-refractivity contribution in [2.75, 3.05) is 20.1 Å². The summed E-state index contributed by atoms with van der Waals surface area (Å²) in [6, 6.07) is 0. The van der Waals surface area contributed by atoms with Crippen LogP contribution >= 0.6 is 0 Å². The lowest BCUT2D eigenvalue weighted by molar-refractivity contribution is -0.141. The van der Waals surface area contributed by atoms with Gasteiger partial charge in [0, 0.05) is 31.7 Å². The molecule has 1 saturated carbocycles. The maximum Gasteiger partial charge on any atom is 0.277 e. The van der Waals surface area contributed by atoms with Crippen LogP contribution < -0.4 is 5.56 Å². The Morgan fingerprint density at radius 2 is 2.00 bits per heavy atom. The summed E-state index contributed by atoms with van der Waals surface area (Å²) < 4.78 is 3.41. The van der Waals surface area contributed by atoms with Gasteiger partial charge in [-0.3, -0.25) is 9.48 Å². The van der Waals surface area contributed by atoms with Gasteiger partial charge in [0.25, 0.3) is 5.56 Å². The van der Waals surface area contributed by atoms with Crippen molar-refractivity contribution in [3.8, 4) is 0 Å². The number of likely N-dealkylation sites (tertiary alicyclic amines) is 1. The van der Waals surface area contributed by atoms with E-state index in [0.29, 0.717) is 24.0 Å². The van der Waals surface area contributed by atoms with Gasteiger partial charge in [-0.15, -0.1) is 0 Å². The van der Waals surface area contributed by atoms with Crippen molar-refractivity contribution in [1.29, 1.82) is 0 Å². The Morgan fingerprint density at radius 3 is 2.71 bits per heavy atom. The number of hydrogen-bond donors (Lipinski definition) is 1. The second kappa shape index (κ2) is 5.39. The Morgan fingerprint density at radius 1 is 1.25 bits per heavy atom. The molecule has 1 aliphatic heterocycles. The summed E-state index contributed by atoms with van der Waals surface area (Å²) in [6.07, 6.45) is 8.10. The van der Waals surface area contributed by atoms with Gasteiger partial charge in [0.2, 0.25) is 0 Å². The van der Waals surface area contributed by atoms with Crippen molar-refractivity contribution in [3.63, 3.8) is 0 Å². The monoisotopic (exact) mass is 331 g/mol. The van der Waals surface area contributed by atoms with Crippen LogP contribution in [0.4, 0.5) is 0 Å². The van der Waals surface area contributed by atoms with Crippen LogP contribution in [0.2, 0.25) is 0 Å². The maximum absolute atomic E-state index is 12.8. The average Bonchev–Trinajstić information content (AvgIpc) is 3.13. The van der Waals surface area contributed by atoms with Crippen LogP contribution in [0, 0.1) is 5.41 Å². The number of aromatic nitrogens is 4. The lowest BCUT2D eigenvalue weighted by Crippen LogP contribution is -2.60. The van der Waals surface area contributed by atoms with Gasteiger partial charge < -0.3 is 10.0 Å². The van der Waals surface area contributed by atoms with E-state index in [4.69, 9.17) is 0 Å². The number of piperidine rings is 1. The van der Waals surface area contributed by atoms with E-state index in [2.05, 4.69) is 21.9 Å². The summed E-state index contributed by atoms with van der Waals surface area (Å²) in [5.41, 5.74) is -0.461. The van der Waals surface area contributed by atoms with Gasteiger partial charge >= 0.3 is 0 Å². The van der Waals surface area contributed by atoms with Crippen LogP contribution in [-0.4, -0.2) is 55.1 Å². The minimum Gasteiger partial charge on any atom is -0.387 e.